The van der Waals surface area contributed by atoms with Gasteiger partial charge in [-0.1, -0.05) is 141 Å². The zero-order chi connectivity index (χ0) is 37.8. The lowest BCUT2D eigenvalue weighted by Gasteiger charge is -2.52. The van der Waals surface area contributed by atoms with E-state index in [9.17, 15) is 22.8 Å². The van der Waals surface area contributed by atoms with Gasteiger partial charge in [-0.3, -0.25) is 9.59 Å². The Balaban J connectivity index is 1.45. The van der Waals surface area contributed by atoms with E-state index in [4.69, 9.17) is 18.9 Å². The zero-order valence-electron chi connectivity index (χ0n) is 30.1. The molecular formula is C43H47F3N2O6. The van der Waals surface area contributed by atoms with E-state index in [-0.39, 0.29) is 39.1 Å². The molecule has 0 aromatic heterocycles. The summed E-state index contributed by atoms with van der Waals surface area (Å²) in [5.74, 6) is -2.91. The van der Waals surface area contributed by atoms with Gasteiger partial charge in [-0.15, -0.1) is 0 Å². The number of piperidine rings is 1. The van der Waals surface area contributed by atoms with Crippen LogP contribution in [0.15, 0.2) is 121 Å². The summed E-state index contributed by atoms with van der Waals surface area (Å²) in [6.07, 6.45) is -4.89. The number of carbonyl (C=O) groups is 2. The zero-order valence-corrected chi connectivity index (χ0v) is 30.1. The number of nitrogens with zero attached hydrogens (tertiary/aromatic N) is 1. The SMILES string of the molecule is O=C(NC1CCCCC1)[C@@H]1[C@H](OCc2ccccc2)[C@@H](OCc2ccccc2)[C@H](OCc2ccccc2)[C@@H](COCc2ccccc2)N1C(=O)C(F)(F)F. The van der Waals surface area contributed by atoms with Crippen molar-refractivity contribution in [1.29, 1.82) is 0 Å². The number of hydrogen-bond acceptors (Lipinski definition) is 6. The van der Waals surface area contributed by atoms with E-state index in [0.29, 0.717) is 17.7 Å². The van der Waals surface area contributed by atoms with Gasteiger partial charge in [0.05, 0.1) is 39.1 Å². The fourth-order valence-electron chi connectivity index (χ4n) is 7.27. The molecule has 1 heterocycles. The van der Waals surface area contributed by atoms with Crippen LogP contribution in [-0.2, 0) is 55.0 Å². The Hall–Kier alpha value is -4.55. The van der Waals surface area contributed by atoms with E-state index in [1.807, 2.05) is 121 Å². The van der Waals surface area contributed by atoms with Crippen molar-refractivity contribution in [3.63, 3.8) is 0 Å². The molecule has 4 aromatic rings. The van der Waals surface area contributed by atoms with Gasteiger partial charge in [-0.05, 0) is 35.1 Å². The van der Waals surface area contributed by atoms with Gasteiger partial charge in [0.25, 0.3) is 0 Å². The highest BCUT2D eigenvalue weighted by Crippen LogP contribution is 2.36. The molecule has 0 spiro atoms. The highest BCUT2D eigenvalue weighted by molar-refractivity contribution is 5.91. The summed E-state index contributed by atoms with van der Waals surface area (Å²) in [6.45, 7) is -0.342. The fraction of sp³-hybridized carbons (Fsp3) is 0.395. The van der Waals surface area contributed by atoms with E-state index in [2.05, 4.69) is 5.32 Å². The first-order valence-electron chi connectivity index (χ1n) is 18.6. The number of ether oxygens (including phenoxy) is 4. The Morgan fingerprint density at radius 2 is 1.02 bits per heavy atom. The van der Waals surface area contributed by atoms with Crippen molar-refractivity contribution < 1.29 is 41.7 Å². The number of carbonyl (C=O) groups excluding carboxylic acids is 2. The third-order valence-corrected chi connectivity index (χ3v) is 9.95. The van der Waals surface area contributed by atoms with Crippen molar-refractivity contribution in [2.45, 2.75) is 101 Å². The topological polar surface area (TPSA) is 86.3 Å². The highest BCUT2D eigenvalue weighted by Gasteiger charge is 2.60. The van der Waals surface area contributed by atoms with Crippen LogP contribution in [0.2, 0.25) is 0 Å². The Morgan fingerprint density at radius 3 is 1.48 bits per heavy atom. The molecule has 54 heavy (non-hydrogen) atoms. The van der Waals surface area contributed by atoms with Crippen LogP contribution >= 0.6 is 0 Å². The van der Waals surface area contributed by atoms with Gasteiger partial charge in [0, 0.05) is 6.04 Å². The lowest BCUT2D eigenvalue weighted by molar-refractivity contribution is -0.241. The van der Waals surface area contributed by atoms with Crippen molar-refractivity contribution in [3.05, 3.63) is 144 Å². The highest BCUT2D eigenvalue weighted by atomic mass is 19.4. The predicted octanol–water partition coefficient (Wildman–Crippen LogP) is 7.55. The molecule has 5 atom stereocenters. The quantitative estimate of drug-likeness (QED) is 0.135. The number of nitrogens with one attached hydrogen (secondary N) is 1. The second kappa shape index (κ2) is 19.2. The molecule has 11 heteroatoms. The standard InChI is InChI=1S/C43H47F3N2O6/c44-43(45,46)42(50)48-36(30-51-26-31-16-6-1-7-17-31)38(52-27-32-18-8-2-9-19-32)40(54-29-34-22-12-4-13-23-34)39(53-28-33-20-10-3-11-21-33)37(48)41(49)47-35-24-14-5-15-25-35/h1-4,6-13,16-23,35-40H,5,14-15,24-30H2,(H,47,49)/t36-,37+,38-,39+,40+/m1/s1. The summed E-state index contributed by atoms with van der Waals surface area (Å²) in [6, 6.07) is 33.4. The van der Waals surface area contributed by atoms with E-state index in [1.54, 1.807) is 0 Å². The Labute approximate surface area is 314 Å². The predicted molar refractivity (Wildman–Crippen MR) is 197 cm³/mol. The first kappa shape index (κ1) is 39.2. The summed E-state index contributed by atoms with van der Waals surface area (Å²) >= 11 is 0. The third kappa shape index (κ3) is 10.6. The van der Waals surface area contributed by atoms with Gasteiger partial charge in [-0.25, -0.2) is 0 Å². The largest absolute Gasteiger partial charge is 0.471 e. The molecule has 2 aliphatic rings. The fourth-order valence-corrected chi connectivity index (χ4v) is 7.27. The number of benzene rings is 4. The number of alkyl halides is 3. The first-order chi connectivity index (χ1) is 26.3. The molecule has 4 aromatic carbocycles. The van der Waals surface area contributed by atoms with Gasteiger partial charge in [0.1, 0.15) is 24.4 Å². The molecule has 1 saturated carbocycles. The van der Waals surface area contributed by atoms with Crippen molar-refractivity contribution in [1.82, 2.24) is 10.2 Å². The average molecular weight is 745 g/mol. The van der Waals surface area contributed by atoms with Gasteiger partial charge in [0.2, 0.25) is 5.91 Å². The van der Waals surface area contributed by atoms with Crippen molar-refractivity contribution in [2.75, 3.05) is 6.61 Å². The maximum Gasteiger partial charge on any atom is 0.471 e. The molecule has 0 bridgehead atoms. The molecular weight excluding hydrogens is 697 g/mol. The Kier molecular flexibility index (Phi) is 13.9. The average Bonchev–Trinajstić information content (AvgIpc) is 3.20. The van der Waals surface area contributed by atoms with Crippen LogP contribution in [0, 0.1) is 0 Å². The normalized spacial score (nSPS) is 22.1. The van der Waals surface area contributed by atoms with Gasteiger partial charge >= 0.3 is 12.1 Å². The lowest BCUT2D eigenvalue weighted by Crippen LogP contribution is -2.74. The van der Waals surface area contributed by atoms with Gasteiger partial charge < -0.3 is 29.2 Å². The summed E-state index contributed by atoms with van der Waals surface area (Å²) < 4.78 is 70.4. The Bertz CT molecular complexity index is 1730. The van der Waals surface area contributed by atoms with E-state index >= 15 is 0 Å². The van der Waals surface area contributed by atoms with Crippen LogP contribution in [0.3, 0.4) is 0 Å². The van der Waals surface area contributed by atoms with Crippen LogP contribution in [0.5, 0.6) is 0 Å². The summed E-state index contributed by atoms with van der Waals surface area (Å²) in [4.78, 5) is 29.0. The summed E-state index contributed by atoms with van der Waals surface area (Å²) in [5, 5.41) is 3.01. The number of amides is 2. The molecule has 6 rings (SSSR count). The van der Waals surface area contributed by atoms with E-state index < -0.39 is 48.4 Å². The number of halogens is 3. The lowest BCUT2D eigenvalue weighted by atomic mass is 9.85. The van der Waals surface area contributed by atoms with E-state index in [1.165, 1.54) is 0 Å². The van der Waals surface area contributed by atoms with Gasteiger partial charge in [-0.2, -0.15) is 13.2 Å². The second-order valence-electron chi connectivity index (χ2n) is 13.9. The van der Waals surface area contributed by atoms with Crippen LogP contribution < -0.4 is 5.32 Å². The third-order valence-electron chi connectivity index (χ3n) is 9.95. The van der Waals surface area contributed by atoms with Crippen molar-refractivity contribution in [2.24, 2.45) is 0 Å². The number of rotatable bonds is 15. The maximum atomic E-state index is 14.8. The molecule has 0 radical (unpaired) electrons. The summed E-state index contributed by atoms with van der Waals surface area (Å²) in [5.41, 5.74) is 3.08. The molecule has 0 unspecified atom stereocenters. The summed E-state index contributed by atoms with van der Waals surface area (Å²) in [7, 11) is 0. The van der Waals surface area contributed by atoms with Crippen molar-refractivity contribution >= 4 is 11.8 Å². The molecule has 1 N–H and O–H groups in total. The van der Waals surface area contributed by atoms with Crippen molar-refractivity contribution in [3.8, 4) is 0 Å². The number of likely N-dealkylation sites (tertiary alicyclic amines) is 1. The Morgan fingerprint density at radius 1 is 0.593 bits per heavy atom. The molecule has 8 nitrogen and oxygen atoms in total. The van der Waals surface area contributed by atoms with E-state index in [0.717, 1.165) is 41.5 Å². The van der Waals surface area contributed by atoms with Crippen LogP contribution in [0.1, 0.15) is 54.4 Å². The smallest absolute Gasteiger partial charge is 0.375 e. The van der Waals surface area contributed by atoms with Crippen LogP contribution in [0.25, 0.3) is 0 Å². The van der Waals surface area contributed by atoms with Crippen LogP contribution in [0.4, 0.5) is 13.2 Å². The molecule has 286 valence electrons. The molecule has 1 aliphatic carbocycles. The molecule has 1 aliphatic heterocycles. The minimum absolute atomic E-state index is 0.00964. The first-order valence-corrected chi connectivity index (χ1v) is 18.6. The van der Waals surface area contributed by atoms with Crippen LogP contribution in [-0.4, -0.2) is 65.9 Å². The minimum Gasteiger partial charge on any atom is -0.375 e. The number of hydrogen-bond donors (Lipinski definition) is 1. The monoisotopic (exact) mass is 744 g/mol. The minimum atomic E-state index is -5.33. The maximum absolute atomic E-state index is 14.8. The molecule has 2 fully saturated rings. The molecule has 2 amide bonds. The van der Waals surface area contributed by atoms with Gasteiger partial charge in [0.15, 0.2) is 0 Å². The molecule has 1 saturated heterocycles. The second-order valence-corrected chi connectivity index (χ2v) is 13.9.